The fraction of sp³-hybridized carbons (Fsp3) is 0.316. The summed E-state index contributed by atoms with van der Waals surface area (Å²) >= 11 is 5.86. The van der Waals surface area contributed by atoms with Crippen molar-refractivity contribution in [2.45, 2.75) is 32.1 Å². The summed E-state index contributed by atoms with van der Waals surface area (Å²) in [7, 11) is 0. The Morgan fingerprint density at radius 2 is 1.73 bits per heavy atom. The summed E-state index contributed by atoms with van der Waals surface area (Å²) in [6, 6.07) is 14.2. The van der Waals surface area contributed by atoms with Crippen molar-refractivity contribution in [2.24, 2.45) is 0 Å². The minimum absolute atomic E-state index is 0.0897. The van der Waals surface area contributed by atoms with E-state index in [4.69, 9.17) is 11.6 Å². The molecular formula is C19H20ClNO. The topological polar surface area (TPSA) is 29.1 Å². The highest BCUT2D eigenvalue weighted by Gasteiger charge is 2.12. The first-order chi connectivity index (χ1) is 10.7. The summed E-state index contributed by atoms with van der Waals surface area (Å²) in [5, 5.41) is 3.73. The van der Waals surface area contributed by atoms with Crippen LogP contribution in [0.4, 0.5) is 0 Å². The standard InChI is InChI=1S/C19H20ClNO/c20-18-8-5-14(6-9-18)10-11-21-19(22)13-15-4-7-16-2-1-3-17(16)12-15/h4-9,12H,1-3,10-11,13H2,(H,21,22). The summed E-state index contributed by atoms with van der Waals surface area (Å²) in [6.07, 6.45) is 4.87. The second-order valence-electron chi connectivity index (χ2n) is 5.86. The highest BCUT2D eigenvalue weighted by atomic mass is 35.5. The maximum Gasteiger partial charge on any atom is 0.224 e. The molecule has 1 aliphatic carbocycles. The largest absolute Gasteiger partial charge is 0.355 e. The minimum atomic E-state index is 0.0897. The number of halogens is 1. The van der Waals surface area contributed by atoms with Crippen molar-refractivity contribution in [1.82, 2.24) is 5.32 Å². The fourth-order valence-corrected chi connectivity index (χ4v) is 3.11. The van der Waals surface area contributed by atoms with Gasteiger partial charge in [-0.1, -0.05) is 41.9 Å². The van der Waals surface area contributed by atoms with E-state index in [9.17, 15) is 4.79 Å². The van der Waals surface area contributed by atoms with Gasteiger partial charge in [0.1, 0.15) is 0 Å². The molecule has 0 heterocycles. The van der Waals surface area contributed by atoms with Gasteiger partial charge in [-0.05, 0) is 60.1 Å². The van der Waals surface area contributed by atoms with Crippen LogP contribution in [0.2, 0.25) is 5.02 Å². The van der Waals surface area contributed by atoms with Gasteiger partial charge < -0.3 is 5.32 Å². The van der Waals surface area contributed by atoms with Crippen molar-refractivity contribution in [3.63, 3.8) is 0 Å². The lowest BCUT2D eigenvalue weighted by atomic mass is 10.0. The first-order valence-electron chi connectivity index (χ1n) is 7.82. The molecule has 2 nitrogen and oxygen atoms in total. The number of carbonyl (C=O) groups excluding carboxylic acids is 1. The normalized spacial score (nSPS) is 13.0. The highest BCUT2D eigenvalue weighted by molar-refractivity contribution is 6.30. The first-order valence-corrected chi connectivity index (χ1v) is 8.20. The van der Waals surface area contributed by atoms with Gasteiger partial charge in [0, 0.05) is 11.6 Å². The number of carbonyl (C=O) groups is 1. The van der Waals surface area contributed by atoms with Crippen molar-refractivity contribution in [1.29, 1.82) is 0 Å². The Labute approximate surface area is 136 Å². The Bertz CT molecular complexity index is 664. The Balaban J connectivity index is 1.47. The van der Waals surface area contributed by atoms with E-state index in [0.717, 1.165) is 23.4 Å². The third-order valence-electron chi connectivity index (χ3n) is 4.18. The van der Waals surface area contributed by atoms with Gasteiger partial charge in [-0.25, -0.2) is 0 Å². The van der Waals surface area contributed by atoms with E-state index in [1.807, 2.05) is 24.3 Å². The fourth-order valence-electron chi connectivity index (χ4n) is 2.98. The molecule has 0 spiro atoms. The lowest BCUT2D eigenvalue weighted by Crippen LogP contribution is -2.27. The van der Waals surface area contributed by atoms with Crippen LogP contribution in [0, 0.1) is 0 Å². The molecule has 0 aromatic heterocycles. The van der Waals surface area contributed by atoms with Gasteiger partial charge in [0.05, 0.1) is 6.42 Å². The summed E-state index contributed by atoms with van der Waals surface area (Å²) < 4.78 is 0. The molecule has 1 aliphatic rings. The van der Waals surface area contributed by atoms with E-state index in [1.165, 1.54) is 29.5 Å². The Hall–Kier alpha value is -1.80. The van der Waals surface area contributed by atoms with Gasteiger partial charge in [-0.15, -0.1) is 0 Å². The summed E-state index contributed by atoms with van der Waals surface area (Å²) in [4.78, 5) is 12.0. The molecule has 3 rings (SSSR count). The van der Waals surface area contributed by atoms with E-state index < -0.39 is 0 Å². The molecule has 0 bridgehead atoms. The molecule has 2 aromatic carbocycles. The van der Waals surface area contributed by atoms with Gasteiger partial charge in [-0.2, -0.15) is 0 Å². The molecule has 0 fully saturated rings. The summed E-state index contributed by atoms with van der Waals surface area (Å²) in [5.74, 6) is 0.0897. The molecule has 0 aliphatic heterocycles. The molecule has 0 radical (unpaired) electrons. The smallest absolute Gasteiger partial charge is 0.224 e. The van der Waals surface area contributed by atoms with Crippen LogP contribution in [0.15, 0.2) is 42.5 Å². The molecule has 0 saturated heterocycles. The highest BCUT2D eigenvalue weighted by Crippen LogP contribution is 2.22. The zero-order chi connectivity index (χ0) is 15.4. The second kappa shape index (κ2) is 6.97. The van der Waals surface area contributed by atoms with Crippen LogP contribution in [0.5, 0.6) is 0 Å². The molecule has 22 heavy (non-hydrogen) atoms. The number of hydrogen-bond donors (Lipinski definition) is 1. The number of aryl methyl sites for hydroxylation is 2. The maximum absolute atomic E-state index is 12.0. The number of fused-ring (bicyclic) bond motifs is 1. The molecule has 3 heteroatoms. The minimum Gasteiger partial charge on any atom is -0.355 e. The zero-order valence-electron chi connectivity index (χ0n) is 12.6. The summed E-state index contributed by atoms with van der Waals surface area (Å²) in [6.45, 7) is 0.658. The number of hydrogen-bond acceptors (Lipinski definition) is 1. The van der Waals surface area contributed by atoms with Crippen LogP contribution >= 0.6 is 11.6 Å². The lowest BCUT2D eigenvalue weighted by molar-refractivity contribution is -0.120. The molecule has 114 valence electrons. The average Bonchev–Trinajstić information content (AvgIpc) is 2.97. The van der Waals surface area contributed by atoms with Gasteiger partial charge in [0.2, 0.25) is 5.91 Å². The number of rotatable bonds is 5. The lowest BCUT2D eigenvalue weighted by Gasteiger charge is -2.07. The van der Waals surface area contributed by atoms with Crippen LogP contribution < -0.4 is 5.32 Å². The third kappa shape index (κ3) is 3.89. The van der Waals surface area contributed by atoms with Crippen LogP contribution in [0.3, 0.4) is 0 Å². The number of nitrogens with one attached hydrogen (secondary N) is 1. The van der Waals surface area contributed by atoms with Crippen LogP contribution in [0.1, 0.15) is 28.7 Å². The SMILES string of the molecule is O=C(Cc1ccc2c(c1)CCC2)NCCc1ccc(Cl)cc1. The average molecular weight is 314 g/mol. The molecule has 1 N–H and O–H groups in total. The van der Waals surface area contributed by atoms with Gasteiger partial charge >= 0.3 is 0 Å². The Kier molecular flexibility index (Phi) is 4.79. The number of benzene rings is 2. The van der Waals surface area contributed by atoms with E-state index >= 15 is 0 Å². The quantitative estimate of drug-likeness (QED) is 0.895. The molecule has 1 amide bonds. The predicted molar refractivity (Wildman–Crippen MR) is 90.3 cm³/mol. The monoisotopic (exact) mass is 313 g/mol. The van der Waals surface area contributed by atoms with E-state index in [2.05, 4.69) is 23.5 Å². The molecular weight excluding hydrogens is 294 g/mol. The first kappa shape index (κ1) is 15.1. The van der Waals surface area contributed by atoms with Crippen molar-refractivity contribution in [3.8, 4) is 0 Å². The van der Waals surface area contributed by atoms with Gasteiger partial charge in [-0.3, -0.25) is 4.79 Å². The van der Waals surface area contributed by atoms with Crippen molar-refractivity contribution >= 4 is 17.5 Å². The van der Waals surface area contributed by atoms with Crippen LogP contribution in [-0.2, 0) is 30.5 Å². The molecule has 2 aromatic rings. The van der Waals surface area contributed by atoms with Crippen molar-refractivity contribution < 1.29 is 4.79 Å². The summed E-state index contributed by atoms with van der Waals surface area (Å²) in [5.41, 5.74) is 5.17. The molecule has 0 atom stereocenters. The van der Waals surface area contributed by atoms with E-state index in [0.29, 0.717) is 13.0 Å². The van der Waals surface area contributed by atoms with Gasteiger partial charge in [0.15, 0.2) is 0 Å². The van der Waals surface area contributed by atoms with Crippen LogP contribution in [0.25, 0.3) is 0 Å². The zero-order valence-corrected chi connectivity index (χ0v) is 13.3. The maximum atomic E-state index is 12.0. The Morgan fingerprint density at radius 3 is 2.55 bits per heavy atom. The molecule has 0 unspecified atom stereocenters. The van der Waals surface area contributed by atoms with Crippen LogP contribution in [-0.4, -0.2) is 12.5 Å². The van der Waals surface area contributed by atoms with Crippen molar-refractivity contribution in [3.05, 3.63) is 69.7 Å². The Morgan fingerprint density at radius 1 is 1.00 bits per heavy atom. The molecule has 0 saturated carbocycles. The predicted octanol–water partition coefficient (Wildman–Crippen LogP) is 3.73. The van der Waals surface area contributed by atoms with E-state index in [1.54, 1.807) is 0 Å². The number of amides is 1. The van der Waals surface area contributed by atoms with E-state index in [-0.39, 0.29) is 5.91 Å². The van der Waals surface area contributed by atoms with Crippen molar-refractivity contribution in [2.75, 3.05) is 6.54 Å². The third-order valence-corrected chi connectivity index (χ3v) is 4.43. The second-order valence-corrected chi connectivity index (χ2v) is 6.30. The van der Waals surface area contributed by atoms with Gasteiger partial charge in [0.25, 0.3) is 0 Å².